The summed E-state index contributed by atoms with van der Waals surface area (Å²) < 4.78 is 0. The van der Waals surface area contributed by atoms with Crippen LogP contribution in [0.3, 0.4) is 0 Å². The molecule has 1 aliphatic heterocycles. The molecule has 108 valence electrons. The molecule has 0 unspecified atom stereocenters. The number of para-hydroxylation sites is 1. The van der Waals surface area contributed by atoms with Crippen LogP contribution in [0, 0.1) is 0 Å². The minimum Gasteiger partial charge on any atom is -0.324 e. The molecular formula is C16H23N3O. The zero-order chi connectivity index (χ0) is 14.0. The Balaban J connectivity index is 1.70. The largest absolute Gasteiger partial charge is 0.324 e. The van der Waals surface area contributed by atoms with E-state index in [4.69, 9.17) is 5.73 Å². The van der Waals surface area contributed by atoms with Crippen molar-refractivity contribution >= 4 is 11.6 Å². The summed E-state index contributed by atoms with van der Waals surface area (Å²) in [6, 6.07) is 8.07. The van der Waals surface area contributed by atoms with E-state index in [0.717, 1.165) is 44.6 Å². The predicted octanol–water partition coefficient (Wildman–Crippen LogP) is 2.10. The number of carbonyl (C=O) groups is 1. The van der Waals surface area contributed by atoms with E-state index in [0.29, 0.717) is 0 Å². The van der Waals surface area contributed by atoms with Gasteiger partial charge in [-0.3, -0.25) is 9.69 Å². The van der Waals surface area contributed by atoms with Crippen LogP contribution in [0.25, 0.3) is 0 Å². The van der Waals surface area contributed by atoms with Crippen LogP contribution in [0.15, 0.2) is 24.3 Å². The Labute approximate surface area is 120 Å². The molecule has 1 saturated carbocycles. The SMILES string of the molecule is NC1(C(=O)Nc2ccccc2CN2CCCC2)CCC1. The number of amides is 1. The van der Waals surface area contributed by atoms with E-state index in [1.807, 2.05) is 18.2 Å². The summed E-state index contributed by atoms with van der Waals surface area (Å²) in [4.78, 5) is 14.7. The van der Waals surface area contributed by atoms with Gasteiger partial charge < -0.3 is 11.1 Å². The van der Waals surface area contributed by atoms with Gasteiger partial charge in [0.2, 0.25) is 5.91 Å². The Morgan fingerprint density at radius 3 is 2.55 bits per heavy atom. The highest BCUT2D eigenvalue weighted by atomic mass is 16.2. The van der Waals surface area contributed by atoms with Gasteiger partial charge >= 0.3 is 0 Å². The van der Waals surface area contributed by atoms with E-state index in [-0.39, 0.29) is 5.91 Å². The van der Waals surface area contributed by atoms with Crippen LogP contribution < -0.4 is 11.1 Å². The van der Waals surface area contributed by atoms with Crippen LogP contribution in [0.1, 0.15) is 37.7 Å². The van der Waals surface area contributed by atoms with Crippen molar-refractivity contribution in [2.45, 2.75) is 44.2 Å². The summed E-state index contributed by atoms with van der Waals surface area (Å²) in [5.41, 5.74) is 7.55. The van der Waals surface area contributed by atoms with E-state index in [2.05, 4.69) is 16.3 Å². The molecule has 0 atom stereocenters. The Morgan fingerprint density at radius 2 is 1.90 bits per heavy atom. The van der Waals surface area contributed by atoms with Gasteiger partial charge in [0.25, 0.3) is 0 Å². The van der Waals surface area contributed by atoms with Gasteiger partial charge in [-0.15, -0.1) is 0 Å². The van der Waals surface area contributed by atoms with Gasteiger partial charge in [-0.2, -0.15) is 0 Å². The van der Waals surface area contributed by atoms with Gasteiger partial charge in [-0.05, 0) is 56.8 Å². The number of nitrogens with two attached hydrogens (primary N) is 1. The molecule has 4 heteroatoms. The lowest BCUT2D eigenvalue weighted by atomic mass is 9.77. The standard InChI is InChI=1S/C16H23N3O/c17-16(8-5-9-16)15(20)18-14-7-2-1-6-13(14)12-19-10-3-4-11-19/h1-2,6-7H,3-5,8-12,17H2,(H,18,20). The van der Waals surface area contributed by atoms with Crippen molar-refractivity contribution in [2.75, 3.05) is 18.4 Å². The number of benzene rings is 1. The van der Waals surface area contributed by atoms with Crippen LogP contribution in [0.2, 0.25) is 0 Å². The lowest BCUT2D eigenvalue weighted by Gasteiger charge is -2.36. The number of rotatable bonds is 4. The second-order valence-corrected chi connectivity index (χ2v) is 6.10. The summed E-state index contributed by atoms with van der Waals surface area (Å²) in [6.45, 7) is 3.22. The molecule has 0 aromatic heterocycles. The minimum atomic E-state index is -0.638. The number of hydrogen-bond donors (Lipinski definition) is 2. The third kappa shape index (κ3) is 2.72. The molecule has 1 aromatic rings. The highest BCUT2D eigenvalue weighted by Crippen LogP contribution is 2.31. The van der Waals surface area contributed by atoms with Crippen molar-refractivity contribution in [1.82, 2.24) is 4.90 Å². The minimum absolute atomic E-state index is 0.0300. The first-order valence-corrected chi connectivity index (χ1v) is 7.58. The molecule has 4 nitrogen and oxygen atoms in total. The molecule has 1 aromatic carbocycles. The normalized spacial score (nSPS) is 21.4. The topological polar surface area (TPSA) is 58.4 Å². The summed E-state index contributed by atoms with van der Waals surface area (Å²) in [5, 5.41) is 3.04. The summed E-state index contributed by atoms with van der Waals surface area (Å²) in [5.74, 6) is -0.0300. The summed E-state index contributed by atoms with van der Waals surface area (Å²) in [7, 11) is 0. The maximum atomic E-state index is 12.3. The number of nitrogens with zero attached hydrogens (tertiary/aromatic N) is 1. The lowest BCUT2D eigenvalue weighted by molar-refractivity contribution is -0.123. The summed E-state index contributed by atoms with van der Waals surface area (Å²) in [6.07, 6.45) is 5.21. The van der Waals surface area contributed by atoms with Crippen molar-refractivity contribution in [3.63, 3.8) is 0 Å². The average molecular weight is 273 g/mol. The van der Waals surface area contributed by atoms with E-state index < -0.39 is 5.54 Å². The van der Waals surface area contributed by atoms with Crippen molar-refractivity contribution in [1.29, 1.82) is 0 Å². The maximum absolute atomic E-state index is 12.3. The molecule has 3 rings (SSSR count). The molecule has 2 aliphatic rings. The third-order valence-corrected chi connectivity index (χ3v) is 4.56. The molecule has 0 radical (unpaired) electrons. The monoisotopic (exact) mass is 273 g/mol. The van der Waals surface area contributed by atoms with Gasteiger partial charge in [-0.1, -0.05) is 18.2 Å². The first kappa shape index (κ1) is 13.6. The van der Waals surface area contributed by atoms with Crippen LogP contribution in [0.5, 0.6) is 0 Å². The molecule has 1 amide bonds. The Bertz CT molecular complexity index is 490. The number of likely N-dealkylation sites (tertiary alicyclic amines) is 1. The van der Waals surface area contributed by atoms with Gasteiger partial charge in [0.15, 0.2) is 0 Å². The molecule has 3 N–H and O–H groups in total. The fraction of sp³-hybridized carbons (Fsp3) is 0.562. The van der Waals surface area contributed by atoms with E-state index in [1.165, 1.54) is 18.4 Å². The number of carbonyl (C=O) groups excluding carboxylic acids is 1. The lowest BCUT2D eigenvalue weighted by Crippen LogP contribution is -2.56. The number of hydrogen-bond acceptors (Lipinski definition) is 3. The van der Waals surface area contributed by atoms with Gasteiger partial charge in [-0.25, -0.2) is 0 Å². The van der Waals surface area contributed by atoms with Crippen LogP contribution >= 0.6 is 0 Å². The number of nitrogens with one attached hydrogen (secondary N) is 1. The smallest absolute Gasteiger partial charge is 0.244 e. The molecular weight excluding hydrogens is 250 g/mol. The molecule has 2 fully saturated rings. The predicted molar refractivity (Wildman–Crippen MR) is 80.4 cm³/mol. The highest BCUT2D eigenvalue weighted by molar-refractivity contribution is 5.99. The fourth-order valence-electron chi connectivity index (χ4n) is 2.99. The van der Waals surface area contributed by atoms with Crippen molar-refractivity contribution in [3.05, 3.63) is 29.8 Å². The van der Waals surface area contributed by atoms with E-state index >= 15 is 0 Å². The molecule has 20 heavy (non-hydrogen) atoms. The summed E-state index contributed by atoms with van der Waals surface area (Å²) >= 11 is 0. The van der Waals surface area contributed by atoms with Crippen molar-refractivity contribution in [2.24, 2.45) is 5.73 Å². The Hall–Kier alpha value is -1.39. The molecule has 1 saturated heterocycles. The van der Waals surface area contributed by atoms with Gasteiger partial charge in [0.1, 0.15) is 0 Å². The second kappa shape index (κ2) is 5.54. The molecule has 0 spiro atoms. The quantitative estimate of drug-likeness (QED) is 0.883. The third-order valence-electron chi connectivity index (χ3n) is 4.56. The molecule has 1 heterocycles. The zero-order valence-electron chi connectivity index (χ0n) is 11.9. The molecule has 0 bridgehead atoms. The maximum Gasteiger partial charge on any atom is 0.244 e. The zero-order valence-corrected chi connectivity index (χ0v) is 11.9. The van der Waals surface area contributed by atoms with Gasteiger partial charge in [0, 0.05) is 12.2 Å². The number of anilines is 1. The van der Waals surface area contributed by atoms with E-state index in [1.54, 1.807) is 0 Å². The second-order valence-electron chi connectivity index (χ2n) is 6.10. The fourth-order valence-corrected chi connectivity index (χ4v) is 2.99. The average Bonchev–Trinajstić information content (AvgIpc) is 2.91. The highest BCUT2D eigenvalue weighted by Gasteiger charge is 2.40. The molecule has 1 aliphatic carbocycles. The first-order chi connectivity index (χ1) is 9.67. The van der Waals surface area contributed by atoms with Gasteiger partial charge in [0.05, 0.1) is 5.54 Å². The van der Waals surface area contributed by atoms with Crippen LogP contribution in [0.4, 0.5) is 5.69 Å². The van der Waals surface area contributed by atoms with Crippen LogP contribution in [-0.2, 0) is 11.3 Å². The van der Waals surface area contributed by atoms with Crippen molar-refractivity contribution < 1.29 is 4.79 Å². The van der Waals surface area contributed by atoms with Crippen LogP contribution in [-0.4, -0.2) is 29.4 Å². The van der Waals surface area contributed by atoms with E-state index in [9.17, 15) is 4.79 Å². The Kier molecular flexibility index (Phi) is 3.76. The first-order valence-electron chi connectivity index (χ1n) is 7.58. The Morgan fingerprint density at radius 1 is 1.20 bits per heavy atom. The van der Waals surface area contributed by atoms with Crippen molar-refractivity contribution in [3.8, 4) is 0 Å².